The molecule has 3 aromatic carbocycles. The van der Waals surface area contributed by atoms with E-state index in [9.17, 15) is 0 Å². The van der Waals surface area contributed by atoms with Crippen molar-refractivity contribution < 1.29 is 9.47 Å². The summed E-state index contributed by atoms with van der Waals surface area (Å²) >= 11 is 0. The van der Waals surface area contributed by atoms with Crippen LogP contribution in [-0.2, 0) is 6.42 Å². The first kappa shape index (κ1) is 37.4. The van der Waals surface area contributed by atoms with Crippen molar-refractivity contribution in [2.24, 2.45) is 41.4 Å². The van der Waals surface area contributed by atoms with Crippen LogP contribution in [0.4, 0.5) is 11.4 Å². The van der Waals surface area contributed by atoms with E-state index in [0.29, 0.717) is 5.92 Å². The van der Waals surface area contributed by atoms with Gasteiger partial charge in [-0.1, -0.05) is 64.2 Å². The van der Waals surface area contributed by atoms with Crippen molar-refractivity contribution in [1.29, 1.82) is 0 Å². The standard InChI is InChI=1S/C47H66N2O2/c1-3-6-35-9-11-36(12-10-35)13-14-37-15-20-39(21-16-37)40-22-17-38(18-23-40)33-34(4-2)19-32-45-46(50-43-28-24-41(48)25-29-43)7-5-8-47(45)51-44-30-26-42(49)27-31-44/h5,7-8,13-14,24-31,34-40H,3-4,6,9-12,15-23,32-33,48-49H2,1-2H3/b14-13+. The highest BCUT2D eigenvalue weighted by atomic mass is 16.5. The molecule has 3 saturated carbocycles. The number of anilines is 2. The number of benzene rings is 3. The third kappa shape index (κ3) is 11.0. The fourth-order valence-corrected chi connectivity index (χ4v) is 9.71. The van der Waals surface area contributed by atoms with Gasteiger partial charge in [-0.2, -0.15) is 0 Å². The second-order valence-corrected chi connectivity index (χ2v) is 16.5. The molecule has 0 amide bonds. The van der Waals surface area contributed by atoms with Gasteiger partial charge >= 0.3 is 0 Å². The van der Waals surface area contributed by atoms with Crippen molar-refractivity contribution in [1.82, 2.24) is 0 Å². The Bertz CT molecular complexity index is 1410. The molecular formula is C47H66N2O2. The summed E-state index contributed by atoms with van der Waals surface area (Å²) in [4.78, 5) is 0. The molecule has 1 atom stereocenters. The summed E-state index contributed by atoms with van der Waals surface area (Å²) in [7, 11) is 0. The van der Waals surface area contributed by atoms with Gasteiger partial charge in [-0.05, 0) is 186 Å². The fraction of sp³-hybridized carbons (Fsp3) is 0.574. The average Bonchev–Trinajstić information content (AvgIpc) is 3.16. The number of rotatable bonds is 15. The zero-order valence-electron chi connectivity index (χ0n) is 31.7. The molecular weight excluding hydrogens is 625 g/mol. The minimum atomic E-state index is 0.699. The van der Waals surface area contributed by atoms with E-state index in [1.807, 2.05) is 54.6 Å². The first-order chi connectivity index (χ1) is 24.9. The fourth-order valence-electron chi connectivity index (χ4n) is 9.71. The molecule has 0 spiro atoms. The number of hydrogen-bond acceptors (Lipinski definition) is 4. The Morgan fingerprint density at radius 1 is 0.608 bits per heavy atom. The molecule has 0 aromatic heterocycles. The first-order valence-electron chi connectivity index (χ1n) is 20.8. The van der Waals surface area contributed by atoms with Gasteiger partial charge in [-0.3, -0.25) is 0 Å². The maximum atomic E-state index is 6.45. The van der Waals surface area contributed by atoms with Gasteiger partial charge in [0.2, 0.25) is 0 Å². The lowest BCUT2D eigenvalue weighted by atomic mass is 9.68. The molecule has 3 aromatic rings. The van der Waals surface area contributed by atoms with Crippen molar-refractivity contribution in [2.75, 3.05) is 11.5 Å². The number of nitrogen functional groups attached to an aromatic ring is 2. The van der Waals surface area contributed by atoms with E-state index in [1.165, 1.54) is 103 Å². The quantitative estimate of drug-likeness (QED) is 0.123. The lowest BCUT2D eigenvalue weighted by molar-refractivity contribution is 0.143. The Hall–Kier alpha value is -3.40. The van der Waals surface area contributed by atoms with Gasteiger partial charge in [-0.15, -0.1) is 0 Å². The molecule has 1 unspecified atom stereocenters. The summed E-state index contributed by atoms with van der Waals surface area (Å²) in [5, 5.41) is 0. The minimum absolute atomic E-state index is 0.699. The summed E-state index contributed by atoms with van der Waals surface area (Å²) in [5.74, 6) is 9.48. The summed E-state index contributed by atoms with van der Waals surface area (Å²) in [6.45, 7) is 4.72. The van der Waals surface area contributed by atoms with Gasteiger partial charge in [-0.25, -0.2) is 0 Å². The van der Waals surface area contributed by atoms with Crippen LogP contribution >= 0.6 is 0 Å². The zero-order chi connectivity index (χ0) is 35.4. The van der Waals surface area contributed by atoms with Crippen LogP contribution in [-0.4, -0.2) is 0 Å². The molecule has 0 radical (unpaired) electrons. The molecule has 3 aliphatic carbocycles. The predicted molar refractivity (Wildman–Crippen MR) is 215 cm³/mol. The summed E-state index contributed by atoms with van der Waals surface area (Å²) in [6.07, 6.45) is 30.0. The summed E-state index contributed by atoms with van der Waals surface area (Å²) < 4.78 is 12.9. The van der Waals surface area contributed by atoms with Gasteiger partial charge in [0.1, 0.15) is 23.0 Å². The molecule has 0 saturated heterocycles. The maximum absolute atomic E-state index is 6.45. The molecule has 4 N–H and O–H groups in total. The highest BCUT2D eigenvalue weighted by Crippen LogP contribution is 2.44. The van der Waals surface area contributed by atoms with Crippen LogP contribution < -0.4 is 20.9 Å². The van der Waals surface area contributed by atoms with Crippen molar-refractivity contribution in [3.8, 4) is 23.0 Å². The van der Waals surface area contributed by atoms with Crippen LogP contribution in [0.1, 0.15) is 129 Å². The molecule has 0 bridgehead atoms. The Morgan fingerprint density at radius 3 is 1.57 bits per heavy atom. The summed E-state index contributed by atoms with van der Waals surface area (Å²) in [6, 6.07) is 21.4. The largest absolute Gasteiger partial charge is 0.457 e. The Kier molecular flexibility index (Phi) is 13.8. The number of hydrogen-bond donors (Lipinski definition) is 2. The highest BCUT2D eigenvalue weighted by Gasteiger charge is 2.31. The third-order valence-electron chi connectivity index (χ3n) is 13.0. The number of allylic oxidation sites excluding steroid dienone is 2. The molecule has 0 heterocycles. The van der Waals surface area contributed by atoms with E-state index in [4.69, 9.17) is 20.9 Å². The van der Waals surface area contributed by atoms with Crippen LogP contribution in [0, 0.1) is 41.4 Å². The van der Waals surface area contributed by atoms with Gasteiger partial charge in [0, 0.05) is 16.9 Å². The Balaban J connectivity index is 0.982. The van der Waals surface area contributed by atoms with Gasteiger partial charge < -0.3 is 20.9 Å². The van der Waals surface area contributed by atoms with Crippen molar-refractivity contribution in [2.45, 2.75) is 129 Å². The molecule has 4 heteroatoms. The van der Waals surface area contributed by atoms with E-state index < -0.39 is 0 Å². The maximum Gasteiger partial charge on any atom is 0.134 e. The van der Waals surface area contributed by atoms with Crippen molar-refractivity contribution in [3.63, 3.8) is 0 Å². The Morgan fingerprint density at radius 2 is 1.08 bits per heavy atom. The second-order valence-electron chi connectivity index (χ2n) is 16.5. The second kappa shape index (κ2) is 18.9. The SMILES string of the molecule is CCCC1CCC(/C=C/C2CCC(C3CCC(CC(CC)CCc4c(Oc5ccc(N)cc5)cccc4Oc4ccc(N)cc4)CC3)CC2)CC1. The van der Waals surface area contributed by atoms with Crippen molar-refractivity contribution >= 4 is 11.4 Å². The van der Waals surface area contributed by atoms with Crippen LogP contribution in [0.5, 0.6) is 23.0 Å². The molecule has 3 aliphatic rings. The lowest BCUT2D eigenvalue weighted by Gasteiger charge is -2.38. The van der Waals surface area contributed by atoms with E-state index >= 15 is 0 Å². The molecule has 51 heavy (non-hydrogen) atoms. The van der Waals surface area contributed by atoms with E-state index in [0.717, 1.165) is 88.3 Å². The summed E-state index contributed by atoms with van der Waals surface area (Å²) in [5.41, 5.74) is 14.5. The van der Waals surface area contributed by atoms with E-state index in [-0.39, 0.29) is 0 Å². The third-order valence-corrected chi connectivity index (χ3v) is 13.0. The topological polar surface area (TPSA) is 70.5 Å². The minimum Gasteiger partial charge on any atom is -0.457 e. The molecule has 0 aliphatic heterocycles. The average molecular weight is 691 g/mol. The van der Waals surface area contributed by atoms with Crippen LogP contribution in [0.3, 0.4) is 0 Å². The molecule has 276 valence electrons. The van der Waals surface area contributed by atoms with E-state index in [2.05, 4.69) is 38.1 Å². The van der Waals surface area contributed by atoms with Gasteiger partial charge in [0.25, 0.3) is 0 Å². The van der Waals surface area contributed by atoms with Crippen molar-refractivity contribution in [3.05, 3.63) is 84.4 Å². The molecule has 4 nitrogen and oxygen atoms in total. The number of ether oxygens (including phenoxy) is 2. The smallest absolute Gasteiger partial charge is 0.134 e. The number of nitrogens with two attached hydrogens (primary N) is 2. The van der Waals surface area contributed by atoms with Gasteiger partial charge in [0.15, 0.2) is 0 Å². The monoisotopic (exact) mass is 691 g/mol. The molecule has 6 rings (SSSR count). The predicted octanol–water partition coefficient (Wildman–Crippen LogP) is 13.6. The van der Waals surface area contributed by atoms with Crippen LogP contribution in [0.2, 0.25) is 0 Å². The Labute approximate surface area is 309 Å². The first-order valence-corrected chi connectivity index (χ1v) is 20.8. The lowest BCUT2D eigenvalue weighted by Crippen LogP contribution is -2.26. The van der Waals surface area contributed by atoms with Crippen LogP contribution in [0.15, 0.2) is 78.9 Å². The normalized spacial score (nSPS) is 26.2. The zero-order valence-corrected chi connectivity index (χ0v) is 31.7. The highest BCUT2D eigenvalue weighted by molar-refractivity contribution is 5.51. The van der Waals surface area contributed by atoms with Gasteiger partial charge in [0.05, 0.1) is 0 Å². The van der Waals surface area contributed by atoms with E-state index in [1.54, 1.807) is 0 Å². The van der Waals surface area contributed by atoms with Crippen LogP contribution in [0.25, 0.3) is 0 Å². The molecule has 3 fully saturated rings.